The zero-order valence-electron chi connectivity index (χ0n) is 17.4. The summed E-state index contributed by atoms with van der Waals surface area (Å²) < 4.78 is 39.0. The zero-order chi connectivity index (χ0) is 21.6. The van der Waals surface area contributed by atoms with E-state index in [-0.39, 0.29) is 35.5 Å². The fourth-order valence-corrected chi connectivity index (χ4v) is 3.90. The van der Waals surface area contributed by atoms with E-state index in [9.17, 15) is 12.8 Å². The second-order valence-electron chi connectivity index (χ2n) is 6.89. The lowest BCUT2D eigenvalue weighted by molar-refractivity contribution is 0.587. The third-order valence-electron chi connectivity index (χ3n) is 4.79. The molecule has 0 aliphatic carbocycles. The normalized spacial score (nSPS) is 11.9. The van der Waals surface area contributed by atoms with Gasteiger partial charge in [-0.2, -0.15) is 0 Å². The predicted molar refractivity (Wildman–Crippen MR) is 134 cm³/mol. The minimum Gasteiger partial charge on any atom is -0.361 e. The van der Waals surface area contributed by atoms with E-state index in [2.05, 4.69) is 25.3 Å². The van der Waals surface area contributed by atoms with Crippen LogP contribution in [-0.2, 0) is 28.7 Å². The highest BCUT2D eigenvalue weighted by molar-refractivity contribution is 14.0. The Morgan fingerprint density at radius 3 is 2.48 bits per heavy atom. The molecule has 0 aliphatic heterocycles. The summed E-state index contributed by atoms with van der Waals surface area (Å²) in [7, 11) is -0.176. The minimum absolute atomic E-state index is 0. The van der Waals surface area contributed by atoms with Crippen molar-refractivity contribution in [2.24, 2.45) is 4.99 Å². The molecule has 0 spiro atoms. The molecule has 0 bridgehead atoms. The van der Waals surface area contributed by atoms with Crippen molar-refractivity contribution in [3.8, 4) is 0 Å². The summed E-state index contributed by atoms with van der Waals surface area (Å²) in [4.78, 5) is 7.37. The molecule has 0 unspecified atom stereocenters. The van der Waals surface area contributed by atoms with E-state index < -0.39 is 10.0 Å². The van der Waals surface area contributed by atoms with E-state index in [0.717, 1.165) is 34.0 Å². The molecular formula is C21H27FIN5O2S. The van der Waals surface area contributed by atoms with Gasteiger partial charge in [0.15, 0.2) is 5.96 Å². The first kappa shape index (κ1) is 25.1. The van der Waals surface area contributed by atoms with Crippen LogP contribution in [-0.4, -0.2) is 40.0 Å². The molecule has 0 radical (unpaired) electrons. The molecule has 10 heteroatoms. The van der Waals surface area contributed by atoms with E-state index in [0.29, 0.717) is 19.0 Å². The van der Waals surface area contributed by atoms with Crippen molar-refractivity contribution in [3.05, 3.63) is 71.2 Å². The van der Waals surface area contributed by atoms with Crippen LogP contribution in [0.15, 0.2) is 53.7 Å². The van der Waals surface area contributed by atoms with Crippen LogP contribution in [0.2, 0.25) is 0 Å². The number of nitrogens with zero attached hydrogens (tertiary/aromatic N) is 1. The lowest BCUT2D eigenvalue weighted by Crippen LogP contribution is -2.37. The summed E-state index contributed by atoms with van der Waals surface area (Å²) in [6.45, 7) is 1.20. The average Bonchev–Trinajstić information content (AvgIpc) is 3.13. The Balaban J connectivity index is 0.00000341. The third-order valence-corrected chi connectivity index (χ3v) is 6.13. The highest BCUT2D eigenvalue weighted by Crippen LogP contribution is 2.19. The molecule has 0 atom stereocenters. The van der Waals surface area contributed by atoms with Crippen molar-refractivity contribution >= 4 is 50.9 Å². The maximum absolute atomic E-state index is 13.5. The maximum atomic E-state index is 13.5. The Bertz CT molecular complexity index is 1130. The number of aromatic nitrogens is 1. The lowest BCUT2D eigenvalue weighted by atomic mass is 10.1. The van der Waals surface area contributed by atoms with E-state index in [1.807, 2.05) is 18.3 Å². The molecule has 1 aromatic heterocycles. The number of fused-ring (bicyclic) bond motifs is 1. The average molecular weight is 559 g/mol. The minimum atomic E-state index is -3.28. The fourth-order valence-electron chi connectivity index (χ4n) is 3.12. The van der Waals surface area contributed by atoms with E-state index in [1.165, 1.54) is 13.1 Å². The van der Waals surface area contributed by atoms with Gasteiger partial charge in [-0.15, -0.1) is 24.0 Å². The van der Waals surface area contributed by atoms with Gasteiger partial charge in [0.05, 0.1) is 5.75 Å². The van der Waals surface area contributed by atoms with Crippen molar-refractivity contribution in [1.29, 1.82) is 0 Å². The van der Waals surface area contributed by atoms with Crippen molar-refractivity contribution in [3.63, 3.8) is 0 Å². The Kier molecular flexibility index (Phi) is 9.26. The molecule has 0 fully saturated rings. The molecule has 4 N–H and O–H groups in total. The molecule has 2 aromatic carbocycles. The van der Waals surface area contributed by atoms with Gasteiger partial charge in [-0.1, -0.05) is 24.3 Å². The first-order valence-electron chi connectivity index (χ1n) is 9.59. The number of rotatable bonds is 8. The van der Waals surface area contributed by atoms with Gasteiger partial charge in [0.25, 0.3) is 0 Å². The largest absolute Gasteiger partial charge is 0.361 e. The molecule has 7 nitrogen and oxygen atoms in total. The van der Waals surface area contributed by atoms with E-state index >= 15 is 0 Å². The first-order valence-corrected chi connectivity index (χ1v) is 11.2. The van der Waals surface area contributed by atoms with Gasteiger partial charge in [-0.05, 0) is 48.4 Å². The van der Waals surface area contributed by atoms with Crippen LogP contribution in [0.25, 0.3) is 10.9 Å². The summed E-state index contributed by atoms with van der Waals surface area (Å²) in [6, 6.07) is 12.1. The van der Waals surface area contributed by atoms with Gasteiger partial charge < -0.3 is 15.6 Å². The summed E-state index contributed by atoms with van der Waals surface area (Å²) in [5.41, 5.74) is 3.70. The molecule has 0 saturated carbocycles. The van der Waals surface area contributed by atoms with Crippen molar-refractivity contribution in [1.82, 2.24) is 20.3 Å². The summed E-state index contributed by atoms with van der Waals surface area (Å²) in [5.74, 6) is 0.365. The van der Waals surface area contributed by atoms with Crippen LogP contribution in [0.1, 0.15) is 16.7 Å². The molecule has 1 heterocycles. The smallest absolute Gasteiger partial charge is 0.215 e. The Morgan fingerprint density at radius 1 is 1.10 bits per heavy atom. The monoisotopic (exact) mass is 559 g/mol. The topological polar surface area (TPSA) is 98.4 Å². The van der Waals surface area contributed by atoms with Gasteiger partial charge >= 0.3 is 0 Å². The number of sulfonamides is 1. The standard InChI is InChI=1S/C21H26FN5O2S.HI/c1-23-21(25-10-9-17-13-26-20-8-7-18(22)11-19(17)20)27-12-15-3-5-16(6-4-15)14-30(28,29)24-2;/h3-8,11,13,24,26H,9-10,12,14H2,1-2H3,(H2,23,25,27);1H. The highest BCUT2D eigenvalue weighted by Gasteiger charge is 2.08. The number of nitrogens with one attached hydrogen (secondary N) is 4. The van der Waals surface area contributed by atoms with Crippen LogP contribution in [0.5, 0.6) is 0 Å². The number of guanidine groups is 1. The van der Waals surface area contributed by atoms with Crippen molar-refractivity contribution in [2.75, 3.05) is 20.6 Å². The van der Waals surface area contributed by atoms with E-state index in [4.69, 9.17) is 0 Å². The van der Waals surface area contributed by atoms with Gasteiger partial charge in [-0.3, -0.25) is 4.99 Å². The highest BCUT2D eigenvalue weighted by atomic mass is 127. The molecule has 31 heavy (non-hydrogen) atoms. The van der Waals surface area contributed by atoms with Crippen LogP contribution in [0, 0.1) is 5.82 Å². The quantitative estimate of drug-likeness (QED) is 0.194. The molecule has 0 amide bonds. The van der Waals surface area contributed by atoms with Gasteiger partial charge in [0.1, 0.15) is 5.82 Å². The Labute approximate surface area is 199 Å². The second kappa shape index (κ2) is 11.4. The van der Waals surface area contributed by atoms with Crippen molar-refractivity contribution < 1.29 is 12.8 Å². The lowest BCUT2D eigenvalue weighted by Gasteiger charge is -2.12. The zero-order valence-corrected chi connectivity index (χ0v) is 20.6. The Hall–Kier alpha value is -2.18. The number of hydrogen-bond donors (Lipinski definition) is 4. The number of halogens is 2. The Morgan fingerprint density at radius 2 is 1.81 bits per heavy atom. The number of aromatic amines is 1. The third kappa shape index (κ3) is 7.18. The van der Waals surface area contributed by atoms with Crippen LogP contribution < -0.4 is 15.4 Å². The summed E-state index contributed by atoms with van der Waals surface area (Å²) in [5, 5.41) is 7.37. The molecule has 3 aromatic rings. The summed E-state index contributed by atoms with van der Waals surface area (Å²) in [6.07, 6.45) is 2.62. The number of aliphatic imine (C=N–C) groups is 1. The van der Waals surface area contributed by atoms with E-state index in [1.54, 1.807) is 31.3 Å². The molecule has 168 valence electrons. The number of hydrogen-bond acceptors (Lipinski definition) is 3. The van der Waals surface area contributed by atoms with Gasteiger partial charge in [-0.25, -0.2) is 17.5 Å². The predicted octanol–water partition coefficient (Wildman–Crippen LogP) is 2.88. The van der Waals surface area contributed by atoms with Crippen molar-refractivity contribution in [2.45, 2.75) is 18.7 Å². The van der Waals surface area contributed by atoms with Gasteiger partial charge in [0, 0.05) is 37.2 Å². The van der Waals surface area contributed by atoms with Gasteiger partial charge in [0.2, 0.25) is 10.0 Å². The molecule has 0 aliphatic rings. The number of H-pyrrole nitrogens is 1. The SMILES string of the molecule is CN=C(NCCc1c[nH]c2ccc(F)cc12)NCc1ccc(CS(=O)(=O)NC)cc1.I. The van der Waals surface area contributed by atoms with Crippen LogP contribution in [0.4, 0.5) is 4.39 Å². The molecule has 3 rings (SSSR count). The van der Waals surface area contributed by atoms with Crippen LogP contribution in [0.3, 0.4) is 0 Å². The molecule has 0 saturated heterocycles. The fraction of sp³-hybridized carbons (Fsp3) is 0.286. The molecular weight excluding hydrogens is 532 g/mol. The van der Waals surface area contributed by atoms with Crippen LogP contribution >= 0.6 is 24.0 Å². The maximum Gasteiger partial charge on any atom is 0.215 e. The second-order valence-corrected chi connectivity index (χ2v) is 8.81. The summed E-state index contributed by atoms with van der Waals surface area (Å²) >= 11 is 0. The number of benzene rings is 2. The first-order chi connectivity index (χ1) is 14.4.